The van der Waals surface area contributed by atoms with E-state index in [4.69, 9.17) is 11.6 Å². The number of nitrogens with one attached hydrogen (secondary N) is 1. The quantitative estimate of drug-likeness (QED) is 0.885. The summed E-state index contributed by atoms with van der Waals surface area (Å²) >= 11 is 5.90. The fraction of sp³-hybridized carbons (Fsp3) is 0.625. The van der Waals surface area contributed by atoms with Crippen LogP contribution in [0.1, 0.15) is 37.7 Å². The molecule has 0 amide bonds. The second-order valence-electron chi connectivity index (χ2n) is 5.91. The molecule has 0 saturated heterocycles. The van der Waals surface area contributed by atoms with Crippen molar-refractivity contribution >= 4 is 11.6 Å². The number of benzene rings is 1. The van der Waals surface area contributed by atoms with Gasteiger partial charge in [-0.1, -0.05) is 43.0 Å². The molecule has 2 nitrogen and oxygen atoms in total. The molecule has 1 aromatic rings. The van der Waals surface area contributed by atoms with E-state index in [-0.39, 0.29) is 0 Å². The third-order valence-corrected chi connectivity index (χ3v) is 4.68. The van der Waals surface area contributed by atoms with Crippen molar-refractivity contribution in [1.29, 1.82) is 0 Å². The van der Waals surface area contributed by atoms with Gasteiger partial charge in [-0.15, -0.1) is 0 Å². The number of nitrogens with zero attached hydrogens (tertiary/aromatic N) is 1. The Morgan fingerprint density at radius 3 is 2.32 bits per heavy atom. The lowest BCUT2D eigenvalue weighted by Crippen LogP contribution is -2.52. The zero-order valence-electron chi connectivity index (χ0n) is 12.1. The van der Waals surface area contributed by atoms with E-state index in [1.807, 2.05) is 12.1 Å². The Bertz CT molecular complexity index is 380. The lowest BCUT2D eigenvalue weighted by Gasteiger charge is -2.43. The molecule has 1 saturated carbocycles. The molecule has 1 aromatic carbocycles. The van der Waals surface area contributed by atoms with Crippen LogP contribution in [0.25, 0.3) is 0 Å². The molecule has 3 heteroatoms. The van der Waals surface area contributed by atoms with Crippen molar-refractivity contribution in [2.45, 2.75) is 44.2 Å². The summed E-state index contributed by atoms with van der Waals surface area (Å²) in [6.45, 7) is 2.00. The van der Waals surface area contributed by atoms with E-state index in [2.05, 4.69) is 36.4 Å². The van der Waals surface area contributed by atoms with Gasteiger partial charge in [0.25, 0.3) is 0 Å². The summed E-state index contributed by atoms with van der Waals surface area (Å²) in [5, 5.41) is 4.43. The largest absolute Gasteiger partial charge is 0.311 e. The fourth-order valence-corrected chi connectivity index (χ4v) is 3.16. The van der Waals surface area contributed by atoms with Gasteiger partial charge in [-0.05, 0) is 44.6 Å². The van der Waals surface area contributed by atoms with Gasteiger partial charge in [0.1, 0.15) is 0 Å². The summed E-state index contributed by atoms with van der Waals surface area (Å²) in [5.74, 6) is 0. The average Bonchev–Trinajstić information content (AvgIpc) is 2.42. The molecule has 0 bridgehead atoms. The monoisotopic (exact) mass is 280 g/mol. The van der Waals surface area contributed by atoms with Crippen molar-refractivity contribution in [3.05, 3.63) is 34.9 Å². The number of likely N-dealkylation sites (N-methyl/N-ethyl adjacent to an activating group) is 1. The van der Waals surface area contributed by atoms with E-state index < -0.39 is 0 Å². The second kappa shape index (κ2) is 6.74. The fourth-order valence-electron chi connectivity index (χ4n) is 3.03. The van der Waals surface area contributed by atoms with Crippen molar-refractivity contribution in [3.8, 4) is 0 Å². The van der Waals surface area contributed by atoms with E-state index in [1.165, 1.54) is 37.7 Å². The van der Waals surface area contributed by atoms with Crippen LogP contribution in [0, 0.1) is 0 Å². The third kappa shape index (κ3) is 3.95. The lowest BCUT2D eigenvalue weighted by molar-refractivity contribution is 0.0984. The van der Waals surface area contributed by atoms with Crippen molar-refractivity contribution < 1.29 is 0 Å². The van der Waals surface area contributed by atoms with Crippen LogP contribution in [-0.4, -0.2) is 31.1 Å². The molecule has 19 heavy (non-hydrogen) atoms. The van der Waals surface area contributed by atoms with Crippen molar-refractivity contribution in [1.82, 2.24) is 10.2 Å². The van der Waals surface area contributed by atoms with Crippen LogP contribution in [0.15, 0.2) is 24.3 Å². The number of hydrogen-bond acceptors (Lipinski definition) is 2. The zero-order valence-corrected chi connectivity index (χ0v) is 12.8. The Kier molecular flexibility index (Phi) is 5.26. The highest BCUT2D eigenvalue weighted by atomic mass is 35.5. The Labute approximate surface area is 122 Å². The van der Waals surface area contributed by atoms with Crippen LogP contribution in [0.2, 0.25) is 5.02 Å². The van der Waals surface area contributed by atoms with Gasteiger partial charge >= 0.3 is 0 Å². The van der Waals surface area contributed by atoms with Crippen LogP contribution in [-0.2, 0) is 6.54 Å². The number of halogens is 1. The molecule has 0 unspecified atom stereocenters. The summed E-state index contributed by atoms with van der Waals surface area (Å²) in [4.78, 5) is 2.42. The summed E-state index contributed by atoms with van der Waals surface area (Å²) in [7, 11) is 4.44. The van der Waals surface area contributed by atoms with E-state index in [0.29, 0.717) is 5.54 Å². The predicted molar refractivity (Wildman–Crippen MR) is 82.7 cm³/mol. The topological polar surface area (TPSA) is 15.3 Å². The summed E-state index contributed by atoms with van der Waals surface area (Å²) in [5.41, 5.74) is 1.65. The average molecular weight is 281 g/mol. The lowest BCUT2D eigenvalue weighted by atomic mass is 9.80. The van der Waals surface area contributed by atoms with Gasteiger partial charge < -0.3 is 10.2 Å². The SMILES string of the molecule is CN(C)C1(CNCc2ccc(Cl)cc2)CCCCC1. The molecular weight excluding hydrogens is 256 g/mol. The molecule has 106 valence electrons. The van der Waals surface area contributed by atoms with Crippen LogP contribution in [0.5, 0.6) is 0 Å². The van der Waals surface area contributed by atoms with Gasteiger partial charge in [-0.25, -0.2) is 0 Å². The highest BCUT2D eigenvalue weighted by molar-refractivity contribution is 6.30. The number of hydrogen-bond donors (Lipinski definition) is 1. The Balaban J connectivity index is 1.87. The van der Waals surface area contributed by atoms with Gasteiger partial charge in [0, 0.05) is 23.7 Å². The van der Waals surface area contributed by atoms with Gasteiger partial charge in [0.2, 0.25) is 0 Å². The first-order valence-corrected chi connectivity index (χ1v) is 7.63. The zero-order chi connectivity index (χ0) is 13.7. The summed E-state index contributed by atoms with van der Waals surface area (Å²) in [6, 6.07) is 8.11. The molecular formula is C16H25ClN2. The molecule has 1 fully saturated rings. The first-order valence-electron chi connectivity index (χ1n) is 7.25. The van der Waals surface area contributed by atoms with Crippen molar-refractivity contribution in [2.75, 3.05) is 20.6 Å². The first-order chi connectivity index (χ1) is 9.12. The predicted octanol–water partition coefficient (Wildman–Crippen LogP) is 3.69. The molecule has 0 aliphatic heterocycles. The van der Waals surface area contributed by atoms with E-state index in [1.54, 1.807) is 0 Å². The highest BCUT2D eigenvalue weighted by Gasteiger charge is 2.33. The summed E-state index contributed by atoms with van der Waals surface area (Å²) in [6.07, 6.45) is 6.75. The minimum Gasteiger partial charge on any atom is -0.311 e. The summed E-state index contributed by atoms with van der Waals surface area (Å²) < 4.78 is 0. The minimum atomic E-state index is 0.352. The highest BCUT2D eigenvalue weighted by Crippen LogP contribution is 2.31. The normalized spacial score (nSPS) is 18.7. The Hall–Kier alpha value is -0.570. The smallest absolute Gasteiger partial charge is 0.0406 e. The van der Waals surface area contributed by atoms with Crippen LogP contribution in [0.3, 0.4) is 0 Å². The van der Waals surface area contributed by atoms with Gasteiger partial charge in [0.15, 0.2) is 0 Å². The third-order valence-electron chi connectivity index (χ3n) is 4.43. The Morgan fingerprint density at radius 2 is 1.74 bits per heavy atom. The van der Waals surface area contributed by atoms with Gasteiger partial charge in [-0.2, -0.15) is 0 Å². The Morgan fingerprint density at radius 1 is 1.11 bits per heavy atom. The van der Waals surface area contributed by atoms with E-state index in [9.17, 15) is 0 Å². The molecule has 0 atom stereocenters. The molecule has 2 rings (SSSR count). The maximum atomic E-state index is 5.90. The minimum absolute atomic E-state index is 0.352. The van der Waals surface area contributed by atoms with Gasteiger partial charge in [0.05, 0.1) is 0 Å². The number of rotatable bonds is 5. The van der Waals surface area contributed by atoms with Crippen LogP contribution in [0.4, 0.5) is 0 Å². The maximum Gasteiger partial charge on any atom is 0.0406 e. The molecule has 1 aliphatic carbocycles. The molecule has 1 N–H and O–H groups in total. The maximum absolute atomic E-state index is 5.90. The second-order valence-corrected chi connectivity index (χ2v) is 6.35. The molecule has 0 radical (unpaired) electrons. The van der Waals surface area contributed by atoms with Crippen molar-refractivity contribution in [2.24, 2.45) is 0 Å². The molecule has 0 aromatic heterocycles. The first kappa shape index (κ1) is 14.8. The molecule has 1 aliphatic rings. The van der Waals surface area contributed by atoms with Gasteiger partial charge in [-0.3, -0.25) is 0 Å². The van der Waals surface area contributed by atoms with Crippen molar-refractivity contribution in [3.63, 3.8) is 0 Å². The molecule has 0 heterocycles. The van der Waals surface area contributed by atoms with Crippen LogP contribution >= 0.6 is 11.6 Å². The standard InChI is InChI=1S/C16H25ClN2/c1-19(2)16(10-4-3-5-11-16)13-18-12-14-6-8-15(17)9-7-14/h6-9,18H,3-5,10-13H2,1-2H3. The van der Waals surface area contributed by atoms with E-state index in [0.717, 1.165) is 18.1 Å². The van der Waals surface area contributed by atoms with Crippen LogP contribution < -0.4 is 5.32 Å². The molecule has 0 spiro atoms. The van der Waals surface area contributed by atoms with E-state index >= 15 is 0 Å².